The zero-order valence-electron chi connectivity index (χ0n) is 10.8. The minimum absolute atomic E-state index is 0.119. The van der Waals surface area contributed by atoms with Gasteiger partial charge in [0.15, 0.2) is 5.69 Å². The van der Waals surface area contributed by atoms with Crippen molar-refractivity contribution in [1.29, 1.82) is 0 Å². The van der Waals surface area contributed by atoms with Crippen LogP contribution < -0.4 is 10.1 Å². The Morgan fingerprint density at radius 2 is 2.10 bits per heavy atom. The van der Waals surface area contributed by atoms with Gasteiger partial charge in [0.25, 0.3) is 5.91 Å². The molecule has 0 fully saturated rings. The number of carboxylic acid groups (broad SMARTS) is 1. The van der Waals surface area contributed by atoms with E-state index < -0.39 is 17.6 Å². The van der Waals surface area contributed by atoms with E-state index in [0.717, 1.165) is 11.6 Å². The molecule has 0 unspecified atom stereocenters. The van der Waals surface area contributed by atoms with Crippen molar-refractivity contribution in [3.8, 4) is 5.75 Å². The highest BCUT2D eigenvalue weighted by Crippen LogP contribution is 2.25. The standard InChI is InChI=1S/C13H12N2O5/c1-7-3-4-10(19-2)8(5-7)14-12(16)9-6-11(13(17)18)20-15-9/h3-6H,1-2H3,(H,14,16)(H,17,18). The molecule has 0 spiro atoms. The van der Waals surface area contributed by atoms with Crippen molar-refractivity contribution in [3.05, 3.63) is 41.3 Å². The lowest BCUT2D eigenvalue weighted by molar-refractivity contribution is 0.0651. The van der Waals surface area contributed by atoms with Crippen LogP contribution >= 0.6 is 0 Å². The summed E-state index contributed by atoms with van der Waals surface area (Å²) < 4.78 is 9.65. The first-order chi connectivity index (χ1) is 9.51. The smallest absolute Gasteiger partial charge is 0.374 e. The number of anilines is 1. The number of aryl methyl sites for hydroxylation is 1. The Kier molecular flexibility index (Phi) is 3.69. The van der Waals surface area contributed by atoms with Crippen LogP contribution in [0.3, 0.4) is 0 Å². The van der Waals surface area contributed by atoms with Crippen molar-refractivity contribution in [2.45, 2.75) is 6.92 Å². The zero-order chi connectivity index (χ0) is 14.7. The number of nitrogens with one attached hydrogen (secondary N) is 1. The molecule has 0 bridgehead atoms. The summed E-state index contributed by atoms with van der Waals surface area (Å²) in [6.07, 6.45) is 0. The summed E-state index contributed by atoms with van der Waals surface area (Å²) in [6, 6.07) is 6.35. The van der Waals surface area contributed by atoms with Gasteiger partial charge in [-0.05, 0) is 24.6 Å². The summed E-state index contributed by atoms with van der Waals surface area (Å²) in [7, 11) is 1.49. The van der Waals surface area contributed by atoms with Crippen LogP contribution in [0, 0.1) is 6.92 Å². The number of carbonyl (C=O) groups excluding carboxylic acids is 1. The normalized spacial score (nSPS) is 10.1. The summed E-state index contributed by atoms with van der Waals surface area (Å²) >= 11 is 0. The molecule has 1 heterocycles. The Morgan fingerprint density at radius 1 is 1.35 bits per heavy atom. The van der Waals surface area contributed by atoms with Crippen molar-refractivity contribution in [3.63, 3.8) is 0 Å². The third-order valence-corrected chi connectivity index (χ3v) is 2.56. The van der Waals surface area contributed by atoms with E-state index >= 15 is 0 Å². The molecule has 0 radical (unpaired) electrons. The van der Waals surface area contributed by atoms with Crippen LogP contribution in [0.5, 0.6) is 5.75 Å². The molecule has 1 amide bonds. The van der Waals surface area contributed by atoms with Gasteiger partial charge >= 0.3 is 5.97 Å². The molecule has 0 saturated carbocycles. The summed E-state index contributed by atoms with van der Waals surface area (Å²) in [6.45, 7) is 1.87. The van der Waals surface area contributed by atoms with Crippen LogP contribution in [0.1, 0.15) is 26.6 Å². The second-order valence-corrected chi connectivity index (χ2v) is 4.04. The molecule has 2 aromatic rings. The Bertz CT molecular complexity index is 663. The Labute approximate surface area is 114 Å². The number of hydrogen-bond acceptors (Lipinski definition) is 5. The van der Waals surface area contributed by atoms with Gasteiger partial charge in [-0.15, -0.1) is 0 Å². The first-order valence-corrected chi connectivity index (χ1v) is 5.67. The highest BCUT2D eigenvalue weighted by atomic mass is 16.5. The fourth-order valence-corrected chi connectivity index (χ4v) is 1.59. The minimum atomic E-state index is -1.29. The molecular formula is C13H12N2O5. The Morgan fingerprint density at radius 3 is 2.70 bits per heavy atom. The van der Waals surface area contributed by atoms with Crippen molar-refractivity contribution >= 4 is 17.6 Å². The number of carbonyl (C=O) groups is 2. The van der Waals surface area contributed by atoms with E-state index in [1.165, 1.54) is 7.11 Å². The topological polar surface area (TPSA) is 102 Å². The van der Waals surface area contributed by atoms with Crippen LogP contribution in [-0.4, -0.2) is 29.2 Å². The second-order valence-electron chi connectivity index (χ2n) is 4.04. The lowest BCUT2D eigenvalue weighted by Crippen LogP contribution is -2.13. The van der Waals surface area contributed by atoms with Crippen LogP contribution in [-0.2, 0) is 0 Å². The molecule has 20 heavy (non-hydrogen) atoms. The maximum Gasteiger partial charge on any atom is 0.374 e. The second kappa shape index (κ2) is 5.43. The van der Waals surface area contributed by atoms with E-state index in [2.05, 4.69) is 15.0 Å². The van der Waals surface area contributed by atoms with Gasteiger partial charge in [-0.1, -0.05) is 11.2 Å². The number of amides is 1. The third kappa shape index (κ3) is 2.77. The van der Waals surface area contributed by atoms with Gasteiger partial charge in [0.2, 0.25) is 5.76 Å². The highest BCUT2D eigenvalue weighted by molar-refractivity contribution is 6.04. The maximum atomic E-state index is 11.9. The van der Waals surface area contributed by atoms with Crippen molar-refractivity contribution in [2.75, 3.05) is 12.4 Å². The molecule has 7 heteroatoms. The number of rotatable bonds is 4. The van der Waals surface area contributed by atoms with Gasteiger partial charge in [0.1, 0.15) is 5.75 Å². The van der Waals surface area contributed by atoms with Gasteiger partial charge in [0, 0.05) is 6.07 Å². The van der Waals surface area contributed by atoms with E-state index in [-0.39, 0.29) is 5.69 Å². The summed E-state index contributed by atoms with van der Waals surface area (Å²) in [5.74, 6) is -1.77. The van der Waals surface area contributed by atoms with Crippen LogP contribution in [0.15, 0.2) is 28.8 Å². The number of benzene rings is 1. The molecule has 1 aromatic heterocycles. The average Bonchev–Trinajstić information content (AvgIpc) is 2.89. The lowest BCUT2D eigenvalue weighted by Gasteiger charge is -2.09. The van der Waals surface area contributed by atoms with Gasteiger partial charge < -0.3 is 19.7 Å². The van der Waals surface area contributed by atoms with Crippen molar-refractivity contribution in [2.24, 2.45) is 0 Å². The number of hydrogen-bond donors (Lipinski definition) is 2. The van der Waals surface area contributed by atoms with E-state index in [0.29, 0.717) is 11.4 Å². The summed E-state index contributed by atoms with van der Waals surface area (Å²) in [4.78, 5) is 22.6. The molecule has 0 aliphatic rings. The largest absolute Gasteiger partial charge is 0.495 e. The van der Waals surface area contributed by atoms with E-state index in [4.69, 9.17) is 9.84 Å². The van der Waals surface area contributed by atoms with Gasteiger partial charge in [-0.2, -0.15) is 0 Å². The number of aromatic nitrogens is 1. The molecule has 2 rings (SSSR count). The van der Waals surface area contributed by atoms with E-state index in [1.54, 1.807) is 12.1 Å². The first-order valence-electron chi connectivity index (χ1n) is 5.67. The molecule has 2 N–H and O–H groups in total. The molecule has 7 nitrogen and oxygen atoms in total. The Hall–Kier alpha value is -2.83. The number of ether oxygens (including phenoxy) is 1. The third-order valence-electron chi connectivity index (χ3n) is 2.56. The molecule has 1 aromatic carbocycles. The predicted molar refractivity (Wildman–Crippen MR) is 69.1 cm³/mol. The maximum absolute atomic E-state index is 11.9. The summed E-state index contributed by atoms with van der Waals surface area (Å²) in [5.41, 5.74) is 1.29. The van der Waals surface area contributed by atoms with Gasteiger partial charge in [-0.25, -0.2) is 4.79 Å². The van der Waals surface area contributed by atoms with Crippen LogP contribution in [0.2, 0.25) is 0 Å². The van der Waals surface area contributed by atoms with Crippen LogP contribution in [0.25, 0.3) is 0 Å². The predicted octanol–water partition coefficient (Wildman–Crippen LogP) is 1.94. The average molecular weight is 276 g/mol. The fourth-order valence-electron chi connectivity index (χ4n) is 1.59. The molecule has 0 aliphatic heterocycles. The van der Waals surface area contributed by atoms with E-state index in [9.17, 15) is 9.59 Å². The summed E-state index contributed by atoms with van der Waals surface area (Å²) in [5, 5.41) is 14.7. The Balaban J connectivity index is 2.22. The number of methoxy groups -OCH3 is 1. The SMILES string of the molecule is COc1ccc(C)cc1NC(=O)c1cc(C(=O)O)on1. The quantitative estimate of drug-likeness (QED) is 0.884. The van der Waals surface area contributed by atoms with Crippen molar-refractivity contribution in [1.82, 2.24) is 5.16 Å². The number of nitrogens with zero attached hydrogens (tertiary/aromatic N) is 1. The van der Waals surface area contributed by atoms with Crippen molar-refractivity contribution < 1.29 is 24.0 Å². The lowest BCUT2D eigenvalue weighted by atomic mass is 10.2. The monoisotopic (exact) mass is 276 g/mol. The molecule has 0 atom stereocenters. The number of aromatic carboxylic acids is 1. The van der Waals surface area contributed by atoms with Crippen LogP contribution in [0.4, 0.5) is 5.69 Å². The molecule has 104 valence electrons. The first kappa shape index (κ1) is 13.6. The van der Waals surface area contributed by atoms with Gasteiger partial charge in [0.05, 0.1) is 12.8 Å². The number of carboxylic acids is 1. The fraction of sp³-hybridized carbons (Fsp3) is 0.154. The zero-order valence-corrected chi connectivity index (χ0v) is 10.8. The molecule has 0 saturated heterocycles. The highest BCUT2D eigenvalue weighted by Gasteiger charge is 2.17. The van der Waals surface area contributed by atoms with E-state index in [1.807, 2.05) is 13.0 Å². The molecule has 0 aliphatic carbocycles. The minimum Gasteiger partial charge on any atom is -0.495 e. The van der Waals surface area contributed by atoms with Gasteiger partial charge in [-0.3, -0.25) is 4.79 Å². The molecular weight excluding hydrogens is 264 g/mol.